The molecule has 2 aromatic rings. The quantitative estimate of drug-likeness (QED) is 0.475. The smallest absolute Gasteiger partial charge is 0.311 e. The molecule has 166 valence electrons. The molecule has 0 radical (unpaired) electrons. The van der Waals surface area contributed by atoms with Crippen molar-refractivity contribution >= 4 is 33.1 Å². The molecule has 0 aromatic carbocycles. The van der Waals surface area contributed by atoms with Crippen molar-refractivity contribution in [3.8, 4) is 0 Å². The molecule has 0 spiro atoms. The molecule has 3 rings (SSSR count). The molecule has 1 fully saturated rings. The Labute approximate surface area is 175 Å². The molecule has 1 saturated heterocycles. The van der Waals surface area contributed by atoms with E-state index in [0.29, 0.717) is 17.0 Å². The van der Waals surface area contributed by atoms with E-state index in [-0.39, 0.29) is 13.0 Å². The summed E-state index contributed by atoms with van der Waals surface area (Å²) in [4.78, 5) is 26.9. The van der Waals surface area contributed by atoms with Gasteiger partial charge >= 0.3 is 5.97 Å². The standard InChI is InChI=1S/C18H27N5O6S/c1-18(2,3)17(24)27-8-12-11(29-30(6,25)26)7-13(28-12)23-10-21-14-15(22(4)5)19-9-20-16(14)23/h9-13H,7-8H2,1-6H3. The van der Waals surface area contributed by atoms with Gasteiger partial charge in [-0.25, -0.2) is 15.0 Å². The fraction of sp³-hybridized carbons (Fsp3) is 0.667. The number of aromatic nitrogens is 4. The molecule has 2 aromatic heterocycles. The van der Waals surface area contributed by atoms with E-state index in [1.165, 1.54) is 6.33 Å². The third-order valence-electron chi connectivity index (χ3n) is 4.54. The van der Waals surface area contributed by atoms with Crippen LogP contribution >= 0.6 is 0 Å². The molecule has 12 heteroatoms. The zero-order valence-corrected chi connectivity index (χ0v) is 18.7. The molecular formula is C18H27N5O6S. The highest BCUT2D eigenvalue weighted by molar-refractivity contribution is 7.86. The molecule has 3 atom stereocenters. The normalized spacial score (nSPS) is 22.4. The number of nitrogens with zero attached hydrogens (tertiary/aromatic N) is 5. The maximum Gasteiger partial charge on any atom is 0.311 e. The third-order valence-corrected chi connectivity index (χ3v) is 5.14. The number of esters is 1. The van der Waals surface area contributed by atoms with Gasteiger partial charge in [-0.15, -0.1) is 0 Å². The Balaban J connectivity index is 1.86. The fourth-order valence-corrected chi connectivity index (χ4v) is 3.75. The van der Waals surface area contributed by atoms with Crippen LogP contribution in [0.5, 0.6) is 0 Å². The number of ether oxygens (including phenoxy) is 2. The van der Waals surface area contributed by atoms with E-state index in [0.717, 1.165) is 6.26 Å². The van der Waals surface area contributed by atoms with Crippen molar-refractivity contribution in [1.29, 1.82) is 0 Å². The average molecular weight is 442 g/mol. The molecule has 1 aliphatic rings. The van der Waals surface area contributed by atoms with Gasteiger partial charge in [0.25, 0.3) is 10.1 Å². The highest BCUT2D eigenvalue weighted by Gasteiger charge is 2.41. The summed E-state index contributed by atoms with van der Waals surface area (Å²) >= 11 is 0. The molecule has 11 nitrogen and oxygen atoms in total. The highest BCUT2D eigenvalue weighted by Crippen LogP contribution is 2.34. The van der Waals surface area contributed by atoms with Crippen molar-refractivity contribution in [2.24, 2.45) is 5.41 Å². The van der Waals surface area contributed by atoms with Crippen molar-refractivity contribution < 1.29 is 26.9 Å². The second kappa shape index (κ2) is 8.08. The fourth-order valence-electron chi connectivity index (χ4n) is 3.10. The number of carbonyl (C=O) groups excluding carboxylic acids is 1. The molecule has 0 amide bonds. The van der Waals surface area contributed by atoms with Crippen molar-refractivity contribution in [3.63, 3.8) is 0 Å². The summed E-state index contributed by atoms with van der Waals surface area (Å²) < 4.78 is 41.7. The van der Waals surface area contributed by atoms with Crippen LogP contribution in [0.2, 0.25) is 0 Å². The second-order valence-electron chi connectivity index (χ2n) is 8.47. The number of rotatable bonds is 6. The van der Waals surface area contributed by atoms with Gasteiger partial charge in [0, 0.05) is 20.5 Å². The third kappa shape index (κ3) is 4.87. The predicted octanol–water partition coefficient (Wildman–Crippen LogP) is 1.11. The van der Waals surface area contributed by atoms with Gasteiger partial charge in [0.2, 0.25) is 0 Å². The summed E-state index contributed by atoms with van der Waals surface area (Å²) in [7, 11) is -0.0385. The van der Waals surface area contributed by atoms with Crippen LogP contribution in [-0.4, -0.2) is 73.1 Å². The van der Waals surface area contributed by atoms with Crippen LogP contribution < -0.4 is 4.90 Å². The van der Waals surface area contributed by atoms with Gasteiger partial charge in [0.1, 0.15) is 31.4 Å². The first-order chi connectivity index (χ1) is 13.9. The summed E-state index contributed by atoms with van der Waals surface area (Å²) in [5, 5.41) is 0. The van der Waals surface area contributed by atoms with Crippen LogP contribution in [0.25, 0.3) is 11.2 Å². The van der Waals surface area contributed by atoms with Gasteiger partial charge in [-0.1, -0.05) is 0 Å². The lowest BCUT2D eigenvalue weighted by molar-refractivity contribution is -0.158. The van der Waals surface area contributed by atoms with Crippen LogP contribution in [-0.2, 0) is 28.6 Å². The van der Waals surface area contributed by atoms with Crippen LogP contribution in [0.4, 0.5) is 5.82 Å². The number of carbonyl (C=O) groups is 1. The van der Waals surface area contributed by atoms with Crippen LogP contribution in [0.3, 0.4) is 0 Å². The predicted molar refractivity (Wildman–Crippen MR) is 108 cm³/mol. The Morgan fingerprint density at radius 1 is 1.30 bits per heavy atom. The van der Waals surface area contributed by atoms with Crippen LogP contribution in [0.15, 0.2) is 12.7 Å². The molecule has 30 heavy (non-hydrogen) atoms. The largest absolute Gasteiger partial charge is 0.462 e. The summed E-state index contributed by atoms with van der Waals surface area (Å²) in [5.41, 5.74) is 0.448. The molecule has 0 bridgehead atoms. The van der Waals surface area contributed by atoms with Gasteiger partial charge < -0.3 is 14.4 Å². The van der Waals surface area contributed by atoms with Crippen molar-refractivity contribution in [2.45, 2.75) is 45.6 Å². The zero-order valence-electron chi connectivity index (χ0n) is 17.9. The van der Waals surface area contributed by atoms with Gasteiger partial charge in [-0.2, -0.15) is 8.42 Å². The van der Waals surface area contributed by atoms with Crippen molar-refractivity contribution in [1.82, 2.24) is 19.5 Å². The van der Waals surface area contributed by atoms with E-state index >= 15 is 0 Å². The molecule has 0 saturated carbocycles. The maximum absolute atomic E-state index is 12.1. The first-order valence-electron chi connectivity index (χ1n) is 9.42. The summed E-state index contributed by atoms with van der Waals surface area (Å²) in [5.74, 6) is 0.237. The van der Waals surface area contributed by atoms with Crippen LogP contribution in [0.1, 0.15) is 33.4 Å². The van der Waals surface area contributed by atoms with Crippen molar-refractivity contribution in [3.05, 3.63) is 12.7 Å². The Hall–Kier alpha value is -2.31. The highest BCUT2D eigenvalue weighted by atomic mass is 32.2. The lowest BCUT2D eigenvalue weighted by atomic mass is 9.97. The summed E-state index contributed by atoms with van der Waals surface area (Å²) in [6.45, 7) is 5.07. The number of hydrogen-bond donors (Lipinski definition) is 0. The number of hydrogen-bond acceptors (Lipinski definition) is 10. The minimum absolute atomic E-state index is 0.128. The lowest BCUT2D eigenvalue weighted by Gasteiger charge is -2.21. The molecular weight excluding hydrogens is 414 g/mol. The van der Waals surface area contributed by atoms with Gasteiger partial charge in [0.15, 0.2) is 17.0 Å². The van der Waals surface area contributed by atoms with E-state index in [1.54, 1.807) is 31.7 Å². The maximum atomic E-state index is 12.1. The Morgan fingerprint density at radius 2 is 2.00 bits per heavy atom. The Bertz CT molecular complexity index is 1030. The number of imidazole rings is 1. The lowest BCUT2D eigenvalue weighted by Crippen LogP contribution is -2.34. The molecule has 3 unspecified atom stereocenters. The number of anilines is 1. The van der Waals surface area contributed by atoms with E-state index in [2.05, 4.69) is 15.0 Å². The minimum atomic E-state index is -3.74. The van der Waals surface area contributed by atoms with Crippen molar-refractivity contribution in [2.75, 3.05) is 31.9 Å². The molecule has 1 aliphatic heterocycles. The van der Waals surface area contributed by atoms with Crippen LogP contribution in [0, 0.1) is 5.41 Å². The van der Waals surface area contributed by atoms with E-state index in [4.69, 9.17) is 13.7 Å². The second-order valence-corrected chi connectivity index (χ2v) is 10.1. The van der Waals surface area contributed by atoms with Gasteiger partial charge in [-0.3, -0.25) is 13.5 Å². The van der Waals surface area contributed by atoms with E-state index in [9.17, 15) is 13.2 Å². The number of fused-ring (bicyclic) bond motifs is 1. The van der Waals surface area contributed by atoms with E-state index < -0.39 is 39.9 Å². The summed E-state index contributed by atoms with van der Waals surface area (Å²) in [6, 6.07) is 0. The molecule has 0 N–H and O–H groups in total. The first kappa shape index (κ1) is 22.4. The SMILES string of the molecule is CN(C)c1ncnc2c1ncn2C1CC(OS(C)(=O)=O)C(COC(=O)C(C)(C)C)O1. The molecule has 3 heterocycles. The summed E-state index contributed by atoms with van der Waals surface area (Å²) in [6.07, 6.45) is 2.02. The monoisotopic (exact) mass is 441 g/mol. The molecule has 0 aliphatic carbocycles. The van der Waals surface area contributed by atoms with Gasteiger partial charge in [0.05, 0.1) is 18.0 Å². The van der Waals surface area contributed by atoms with Gasteiger partial charge in [-0.05, 0) is 20.8 Å². The topological polar surface area (TPSA) is 126 Å². The Morgan fingerprint density at radius 3 is 2.60 bits per heavy atom. The van der Waals surface area contributed by atoms with E-state index in [1.807, 2.05) is 19.0 Å². The minimum Gasteiger partial charge on any atom is -0.462 e. The Kier molecular flexibility index (Phi) is 6.03. The average Bonchev–Trinajstić information content (AvgIpc) is 3.20. The first-order valence-corrected chi connectivity index (χ1v) is 11.2. The zero-order chi connectivity index (χ0) is 22.3.